The molecule has 4 nitrogen and oxygen atoms in total. The fourth-order valence-electron chi connectivity index (χ4n) is 1.32. The lowest BCUT2D eigenvalue weighted by Crippen LogP contribution is -2.24. The Morgan fingerprint density at radius 1 is 1.62 bits per heavy atom. The molecule has 0 aromatic carbocycles. The predicted octanol–water partition coefficient (Wildman–Crippen LogP) is 0.466. The van der Waals surface area contributed by atoms with Crippen LogP contribution in [0.25, 0.3) is 0 Å². The number of nitrogens with one attached hydrogen (secondary N) is 1. The van der Waals surface area contributed by atoms with Gasteiger partial charge in [0.25, 0.3) is 0 Å². The van der Waals surface area contributed by atoms with Gasteiger partial charge in [-0.15, -0.1) is 0 Å². The Morgan fingerprint density at radius 3 is 2.92 bits per heavy atom. The van der Waals surface area contributed by atoms with E-state index in [2.05, 4.69) is 22.2 Å². The Hall–Kier alpha value is -1.03. The Morgan fingerprint density at radius 2 is 2.38 bits per heavy atom. The molecule has 1 aromatic heterocycles. The smallest absolute Gasteiger partial charge is 0.204 e. The summed E-state index contributed by atoms with van der Waals surface area (Å²) < 4.78 is 2.03. The summed E-state index contributed by atoms with van der Waals surface area (Å²) in [5.74, 6) is 1.02. The molecule has 1 heterocycles. The van der Waals surface area contributed by atoms with Crippen molar-refractivity contribution >= 4 is 5.95 Å². The number of imidazole rings is 1. The number of hydrogen-bond acceptors (Lipinski definition) is 3. The van der Waals surface area contributed by atoms with E-state index in [9.17, 15) is 0 Å². The van der Waals surface area contributed by atoms with E-state index < -0.39 is 0 Å². The minimum atomic E-state index is 1.02. The van der Waals surface area contributed by atoms with E-state index >= 15 is 0 Å². The lowest BCUT2D eigenvalue weighted by atomic mass is 10.4. The SMILES string of the molecule is CNCCCN(C)c1nccn1C. The van der Waals surface area contributed by atoms with Gasteiger partial charge in [-0.1, -0.05) is 0 Å². The summed E-state index contributed by atoms with van der Waals surface area (Å²) in [4.78, 5) is 6.43. The molecular weight excluding hydrogens is 164 g/mol. The van der Waals surface area contributed by atoms with Crippen LogP contribution >= 0.6 is 0 Å². The molecule has 74 valence electrons. The monoisotopic (exact) mass is 182 g/mol. The summed E-state index contributed by atoms with van der Waals surface area (Å²) in [6.45, 7) is 2.08. The van der Waals surface area contributed by atoms with Gasteiger partial charge < -0.3 is 14.8 Å². The maximum atomic E-state index is 4.26. The first-order chi connectivity index (χ1) is 6.25. The molecule has 1 rings (SSSR count). The fourth-order valence-corrected chi connectivity index (χ4v) is 1.32. The van der Waals surface area contributed by atoms with Crippen molar-refractivity contribution in [1.29, 1.82) is 0 Å². The van der Waals surface area contributed by atoms with Crippen LogP contribution in [0.5, 0.6) is 0 Å². The number of aryl methyl sites for hydroxylation is 1. The molecule has 0 atom stereocenters. The standard InChI is InChI=1S/C9H18N4/c1-10-5-4-7-12(2)9-11-6-8-13(9)3/h6,8,10H,4-5,7H2,1-3H3. The molecule has 1 aromatic rings. The van der Waals surface area contributed by atoms with Crippen LogP contribution in [0, 0.1) is 0 Å². The average molecular weight is 182 g/mol. The first-order valence-corrected chi connectivity index (χ1v) is 4.58. The van der Waals surface area contributed by atoms with Crippen molar-refractivity contribution < 1.29 is 0 Å². The van der Waals surface area contributed by atoms with Gasteiger partial charge in [0.2, 0.25) is 5.95 Å². The van der Waals surface area contributed by atoms with Crippen molar-refractivity contribution in [2.75, 3.05) is 32.1 Å². The van der Waals surface area contributed by atoms with Gasteiger partial charge in [-0.25, -0.2) is 4.98 Å². The van der Waals surface area contributed by atoms with Gasteiger partial charge in [0.1, 0.15) is 0 Å². The van der Waals surface area contributed by atoms with Crippen molar-refractivity contribution in [1.82, 2.24) is 14.9 Å². The summed E-state index contributed by atoms with van der Waals surface area (Å²) in [5, 5.41) is 3.13. The topological polar surface area (TPSA) is 33.1 Å². The molecule has 0 unspecified atom stereocenters. The van der Waals surface area contributed by atoms with Crippen LogP contribution < -0.4 is 10.2 Å². The molecule has 0 amide bonds. The number of nitrogens with zero attached hydrogens (tertiary/aromatic N) is 3. The zero-order chi connectivity index (χ0) is 9.68. The number of anilines is 1. The van der Waals surface area contributed by atoms with Gasteiger partial charge in [0, 0.05) is 33.0 Å². The van der Waals surface area contributed by atoms with E-state index in [1.165, 1.54) is 0 Å². The largest absolute Gasteiger partial charge is 0.345 e. The third kappa shape index (κ3) is 2.73. The molecular formula is C9H18N4. The molecule has 0 aliphatic rings. The Bertz CT molecular complexity index is 244. The summed E-state index contributed by atoms with van der Waals surface area (Å²) in [5.41, 5.74) is 0. The van der Waals surface area contributed by atoms with Gasteiger partial charge >= 0.3 is 0 Å². The summed E-state index contributed by atoms with van der Waals surface area (Å²) in [7, 11) is 6.05. The molecule has 4 heteroatoms. The second-order valence-corrected chi connectivity index (χ2v) is 3.22. The first-order valence-electron chi connectivity index (χ1n) is 4.58. The minimum absolute atomic E-state index is 1.02. The van der Waals surface area contributed by atoms with Crippen molar-refractivity contribution in [3.8, 4) is 0 Å². The van der Waals surface area contributed by atoms with E-state index in [0.717, 1.165) is 25.5 Å². The zero-order valence-electron chi connectivity index (χ0n) is 8.62. The maximum absolute atomic E-state index is 4.26. The Balaban J connectivity index is 2.39. The molecule has 0 radical (unpaired) electrons. The molecule has 0 saturated carbocycles. The molecule has 0 aliphatic heterocycles. The van der Waals surface area contributed by atoms with Gasteiger partial charge in [-0.3, -0.25) is 0 Å². The van der Waals surface area contributed by atoms with Gasteiger partial charge in [0.05, 0.1) is 0 Å². The van der Waals surface area contributed by atoms with E-state index in [1.807, 2.05) is 31.1 Å². The van der Waals surface area contributed by atoms with E-state index in [-0.39, 0.29) is 0 Å². The second-order valence-electron chi connectivity index (χ2n) is 3.22. The number of aromatic nitrogens is 2. The molecule has 13 heavy (non-hydrogen) atoms. The number of hydrogen-bond donors (Lipinski definition) is 1. The fraction of sp³-hybridized carbons (Fsp3) is 0.667. The van der Waals surface area contributed by atoms with Gasteiger partial charge in [-0.05, 0) is 20.0 Å². The normalized spacial score (nSPS) is 10.4. The van der Waals surface area contributed by atoms with E-state index in [4.69, 9.17) is 0 Å². The van der Waals surface area contributed by atoms with Crippen LogP contribution in [0.3, 0.4) is 0 Å². The highest BCUT2D eigenvalue weighted by molar-refractivity contribution is 5.28. The minimum Gasteiger partial charge on any atom is -0.345 e. The van der Waals surface area contributed by atoms with Crippen molar-refractivity contribution in [3.05, 3.63) is 12.4 Å². The van der Waals surface area contributed by atoms with E-state index in [0.29, 0.717) is 0 Å². The molecule has 0 spiro atoms. The number of rotatable bonds is 5. The van der Waals surface area contributed by atoms with Crippen molar-refractivity contribution in [2.24, 2.45) is 7.05 Å². The first kappa shape index (κ1) is 10.1. The third-order valence-corrected chi connectivity index (χ3v) is 2.06. The molecule has 0 fully saturated rings. The van der Waals surface area contributed by atoms with Crippen LogP contribution in [0.1, 0.15) is 6.42 Å². The maximum Gasteiger partial charge on any atom is 0.204 e. The van der Waals surface area contributed by atoms with Crippen LogP contribution in [0.15, 0.2) is 12.4 Å². The Labute approximate surface area is 79.6 Å². The van der Waals surface area contributed by atoms with Crippen molar-refractivity contribution in [3.63, 3.8) is 0 Å². The van der Waals surface area contributed by atoms with Crippen LogP contribution in [-0.4, -0.2) is 36.7 Å². The molecule has 1 N–H and O–H groups in total. The van der Waals surface area contributed by atoms with E-state index in [1.54, 1.807) is 0 Å². The zero-order valence-corrected chi connectivity index (χ0v) is 8.62. The second kappa shape index (κ2) is 4.87. The van der Waals surface area contributed by atoms with Gasteiger partial charge in [-0.2, -0.15) is 0 Å². The van der Waals surface area contributed by atoms with Crippen LogP contribution in [0.2, 0.25) is 0 Å². The summed E-state index contributed by atoms with van der Waals surface area (Å²) in [6, 6.07) is 0. The van der Waals surface area contributed by atoms with Gasteiger partial charge in [0.15, 0.2) is 0 Å². The predicted molar refractivity (Wildman–Crippen MR) is 55.0 cm³/mol. The quantitative estimate of drug-likeness (QED) is 0.672. The summed E-state index contributed by atoms with van der Waals surface area (Å²) in [6.07, 6.45) is 4.92. The Kier molecular flexibility index (Phi) is 3.76. The molecule has 0 saturated heterocycles. The highest BCUT2D eigenvalue weighted by Crippen LogP contribution is 2.06. The average Bonchev–Trinajstić information content (AvgIpc) is 2.52. The lowest BCUT2D eigenvalue weighted by Gasteiger charge is -2.17. The highest BCUT2D eigenvalue weighted by Gasteiger charge is 2.03. The van der Waals surface area contributed by atoms with Crippen LogP contribution in [-0.2, 0) is 7.05 Å². The third-order valence-electron chi connectivity index (χ3n) is 2.06. The lowest BCUT2D eigenvalue weighted by molar-refractivity contribution is 0.695. The van der Waals surface area contributed by atoms with Crippen LogP contribution in [0.4, 0.5) is 5.95 Å². The highest BCUT2D eigenvalue weighted by atomic mass is 15.3. The molecule has 0 aliphatic carbocycles. The molecule has 0 bridgehead atoms. The van der Waals surface area contributed by atoms with Crippen molar-refractivity contribution in [2.45, 2.75) is 6.42 Å². The summed E-state index contributed by atoms with van der Waals surface area (Å²) >= 11 is 0.